The van der Waals surface area contributed by atoms with E-state index in [0.29, 0.717) is 19.4 Å². The van der Waals surface area contributed by atoms with Crippen molar-refractivity contribution in [2.24, 2.45) is 5.41 Å². The zero-order chi connectivity index (χ0) is 14.6. The molecule has 5 heteroatoms. The smallest absolute Gasteiger partial charge is 0.222 e. The van der Waals surface area contributed by atoms with Crippen LogP contribution in [0, 0.1) is 5.41 Å². The summed E-state index contributed by atoms with van der Waals surface area (Å²) in [6.07, 6.45) is 7.14. The molecule has 0 aromatic carbocycles. The molecular formula is C15H25N3O2. The maximum atomic E-state index is 12.3. The van der Waals surface area contributed by atoms with E-state index in [1.807, 2.05) is 11.1 Å². The zero-order valence-corrected chi connectivity index (χ0v) is 12.4. The van der Waals surface area contributed by atoms with Gasteiger partial charge in [0.25, 0.3) is 0 Å². The quantitative estimate of drug-likeness (QED) is 0.882. The van der Waals surface area contributed by atoms with Crippen LogP contribution in [0.15, 0.2) is 12.4 Å². The predicted molar refractivity (Wildman–Crippen MR) is 77.1 cm³/mol. The van der Waals surface area contributed by atoms with Crippen LogP contribution in [0.2, 0.25) is 0 Å². The van der Waals surface area contributed by atoms with Crippen LogP contribution >= 0.6 is 0 Å². The molecule has 0 radical (unpaired) electrons. The van der Waals surface area contributed by atoms with E-state index in [0.717, 1.165) is 31.4 Å². The number of aromatic amines is 1. The van der Waals surface area contributed by atoms with Crippen LogP contribution < -0.4 is 0 Å². The van der Waals surface area contributed by atoms with Gasteiger partial charge in [-0.05, 0) is 36.7 Å². The van der Waals surface area contributed by atoms with Crippen LogP contribution in [0.4, 0.5) is 0 Å². The lowest BCUT2D eigenvalue weighted by atomic mass is 9.87. The second-order valence-corrected chi connectivity index (χ2v) is 6.59. The van der Waals surface area contributed by atoms with Crippen molar-refractivity contribution in [3.05, 3.63) is 18.0 Å². The minimum atomic E-state index is -0.284. The van der Waals surface area contributed by atoms with E-state index in [1.165, 1.54) is 0 Å². The van der Waals surface area contributed by atoms with Crippen molar-refractivity contribution < 1.29 is 9.90 Å². The maximum Gasteiger partial charge on any atom is 0.222 e. The van der Waals surface area contributed by atoms with Crippen molar-refractivity contribution >= 4 is 5.91 Å². The third-order valence-corrected chi connectivity index (χ3v) is 3.90. The van der Waals surface area contributed by atoms with Crippen molar-refractivity contribution in [3.8, 4) is 0 Å². The van der Waals surface area contributed by atoms with Gasteiger partial charge in [-0.3, -0.25) is 9.89 Å². The van der Waals surface area contributed by atoms with Crippen LogP contribution in [0.1, 0.15) is 45.1 Å². The summed E-state index contributed by atoms with van der Waals surface area (Å²) >= 11 is 0. The molecule has 0 saturated carbocycles. The van der Waals surface area contributed by atoms with Gasteiger partial charge in [-0.2, -0.15) is 5.10 Å². The second-order valence-electron chi connectivity index (χ2n) is 6.59. The molecule has 112 valence electrons. The molecule has 1 aromatic heterocycles. The number of hydrogen-bond acceptors (Lipinski definition) is 3. The van der Waals surface area contributed by atoms with Gasteiger partial charge in [0.1, 0.15) is 0 Å². The highest BCUT2D eigenvalue weighted by Crippen LogP contribution is 2.28. The number of carbonyl (C=O) groups excluding carboxylic acids is 1. The van der Waals surface area contributed by atoms with E-state index >= 15 is 0 Å². The summed E-state index contributed by atoms with van der Waals surface area (Å²) in [7, 11) is 0. The van der Waals surface area contributed by atoms with Gasteiger partial charge in [0.15, 0.2) is 0 Å². The molecule has 2 rings (SSSR count). The average molecular weight is 279 g/mol. The molecule has 5 nitrogen and oxygen atoms in total. The lowest BCUT2D eigenvalue weighted by Crippen LogP contribution is -2.37. The zero-order valence-electron chi connectivity index (χ0n) is 12.4. The Kier molecular flexibility index (Phi) is 4.81. The van der Waals surface area contributed by atoms with Gasteiger partial charge in [-0.15, -0.1) is 0 Å². The first-order valence-electron chi connectivity index (χ1n) is 7.40. The largest absolute Gasteiger partial charge is 0.393 e. The van der Waals surface area contributed by atoms with Crippen LogP contribution in [0.3, 0.4) is 0 Å². The summed E-state index contributed by atoms with van der Waals surface area (Å²) < 4.78 is 0. The minimum absolute atomic E-state index is 0.00383. The predicted octanol–water partition coefficient (Wildman–Crippen LogP) is 1.74. The van der Waals surface area contributed by atoms with Gasteiger partial charge in [-0.25, -0.2) is 0 Å². The maximum absolute atomic E-state index is 12.3. The van der Waals surface area contributed by atoms with Gasteiger partial charge in [0, 0.05) is 25.7 Å². The van der Waals surface area contributed by atoms with Crippen LogP contribution in [-0.2, 0) is 11.2 Å². The Labute approximate surface area is 120 Å². The number of amides is 1. The van der Waals surface area contributed by atoms with Crippen molar-refractivity contribution in [1.82, 2.24) is 15.1 Å². The number of aliphatic hydroxyl groups is 1. The minimum Gasteiger partial charge on any atom is -0.393 e. The van der Waals surface area contributed by atoms with Gasteiger partial charge in [-0.1, -0.05) is 13.8 Å². The van der Waals surface area contributed by atoms with E-state index in [2.05, 4.69) is 24.0 Å². The average Bonchev–Trinajstić information content (AvgIpc) is 2.81. The Balaban J connectivity index is 1.81. The lowest BCUT2D eigenvalue weighted by molar-refractivity contribution is -0.132. The fourth-order valence-corrected chi connectivity index (χ4v) is 2.93. The molecule has 1 aliphatic heterocycles. The van der Waals surface area contributed by atoms with E-state index in [9.17, 15) is 9.90 Å². The number of H-pyrrole nitrogens is 1. The van der Waals surface area contributed by atoms with Crippen molar-refractivity contribution in [2.75, 3.05) is 13.1 Å². The SMILES string of the molecule is CC1(C)C[C@H](O)CCN(C(=O)CCCc2cn[nH]c2)C1. The van der Waals surface area contributed by atoms with Crippen LogP contribution in [0.25, 0.3) is 0 Å². The number of nitrogens with one attached hydrogen (secondary N) is 1. The van der Waals surface area contributed by atoms with E-state index in [1.54, 1.807) is 6.20 Å². The van der Waals surface area contributed by atoms with E-state index in [4.69, 9.17) is 0 Å². The molecule has 1 aromatic rings. The third-order valence-electron chi connectivity index (χ3n) is 3.90. The molecule has 20 heavy (non-hydrogen) atoms. The third kappa shape index (κ3) is 4.34. The van der Waals surface area contributed by atoms with Crippen molar-refractivity contribution in [2.45, 2.75) is 52.1 Å². The van der Waals surface area contributed by atoms with Gasteiger partial charge < -0.3 is 10.0 Å². The molecule has 0 aliphatic carbocycles. The molecule has 2 N–H and O–H groups in total. The van der Waals surface area contributed by atoms with Crippen molar-refractivity contribution in [1.29, 1.82) is 0 Å². The molecule has 0 unspecified atom stereocenters. The number of aryl methyl sites for hydroxylation is 1. The highest BCUT2D eigenvalue weighted by molar-refractivity contribution is 5.76. The Bertz CT molecular complexity index is 428. The Morgan fingerprint density at radius 2 is 2.40 bits per heavy atom. The summed E-state index contributed by atoms with van der Waals surface area (Å²) in [4.78, 5) is 14.2. The molecule has 1 aliphatic rings. The summed E-state index contributed by atoms with van der Waals surface area (Å²) in [5, 5.41) is 16.6. The summed E-state index contributed by atoms with van der Waals surface area (Å²) in [6, 6.07) is 0. The molecule has 1 atom stereocenters. The fraction of sp³-hybridized carbons (Fsp3) is 0.733. The van der Waals surface area contributed by atoms with Gasteiger partial charge >= 0.3 is 0 Å². The van der Waals surface area contributed by atoms with Crippen LogP contribution in [0.5, 0.6) is 0 Å². The topological polar surface area (TPSA) is 69.2 Å². The molecular weight excluding hydrogens is 254 g/mol. The summed E-state index contributed by atoms with van der Waals surface area (Å²) in [6.45, 7) is 5.66. The van der Waals surface area contributed by atoms with E-state index < -0.39 is 0 Å². The highest BCUT2D eigenvalue weighted by atomic mass is 16.3. The monoisotopic (exact) mass is 279 g/mol. The number of likely N-dealkylation sites (tertiary alicyclic amines) is 1. The number of aromatic nitrogens is 2. The Morgan fingerprint density at radius 1 is 1.60 bits per heavy atom. The number of carbonyl (C=O) groups is 1. The van der Waals surface area contributed by atoms with Gasteiger partial charge in [0.05, 0.1) is 12.3 Å². The first kappa shape index (κ1) is 15.0. The summed E-state index contributed by atoms with van der Waals surface area (Å²) in [5.74, 6) is 0.204. The number of hydrogen-bond donors (Lipinski definition) is 2. The van der Waals surface area contributed by atoms with Crippen molar-refractivity contribution in [3.63, 3.8) is 0 Å². The molecule has 0 spiro atoms. The Morgan fingerprint density at radius 3 is 3.10 bits per heavy atom. The number of nitrogens with zero attached hydrogens (tertiary/aromatic N) is 2. The molecule has 1 saturated heterocycles. The fourth-order valence-electron chi connectivity index (χ4n) is 2.93. The number of rotatable bonds is 4. The standard InChI is InChI=1S/C15H25N3O2/c1-15(2)8-13(19)6-7-18(11-15)14(20)5-3-4-12-9-16-17-10-12/h9-10,13,19H,3-8,11H2,1-2H3,(H,16,17)/t13-/m1/s1. The normalized spacial score (nSPS) is 22.6. The highest BCUT2D eigenvalue weighted by Gasteiger charge is 2.30. The number of aliphatic hydroxyl groups excluding tert-OH is 1. The Hall–Kier alpha value is -1.36. The first-order chi connectivity index (χ1) is 9.46. The van der Waals surface area contributed by atoms with Crippen LogP contribution in [-0.4, -0.2) is 45.3 Å². The summed E-state index contributed by atoms with van der Waals surface area (Å²) in [5.41, 5.74) is 1.14. The first-order valence-corrected chi connectivity index (χ1v) is 7.40. The van der Waals surface area contributed by atoms with E-state index in [-0.39, 0.29) is 17.4 Å². The molecule has 1 amide bonds. The molecule has 0 bridgehead atoms. The molecule has 2 heterocycles. The molecule has 1 fully saturated rings. The lowest BCUT2D eigenvalue weighted by Gasteiger charge is -2.29. The van der Waals surface area contributed by atoms with Gasteiger partial charge in [0.2, 0.25) is 5.91 Å². The second kappa shape index (κ2) is 6.39.